The van der Waals surface area contributed by atoms with Gasteiger partial charge in [0.05, 0.1) is 28.8 Å². The number of fused-ring (bicyclic) bond motifs is 1. The van der Waals surface area contributed by atoms with Crippen molar-refractivity contribution in [3.05, 3.63) is 48.7 Å². The molecule has 0 unspecified atom stereocenters. The molecule has 2 heterocycles. The Hall–Kier alpha value is -2.47. The number of hydrogen-bond acceptors (Lipinski definition) is 5. The average Bonchev–Trinajstić information content (AvgIpc) is 2.53. The molecule has 0 radical (unpaired) electrons. The van der Waals surface area contributed by atoms with Crippen LogP contribution in [0.25, 0.3) is 22.2 Å². The lowest BCUT2D eigenvalue weighted by Crippen LogP contribution is -1.99. The molecule has 0 amide bonds. The Labute approximate surface area is 128 Å². The summed E-state index contributed by atoms with van der Waals surface area (Å²) in [6.45, 7) is 0. The van der Waals surface area contributed by atoms with Gasteiger partial charge in [0, 0.05) is 17.8 Å². The van der Waals surface area contributed by atoms with Crippen molar-refractivity contribution in [3.63, 3.8) is 0 Å². The number of aromatic nitrogens is 2. The van der Waals surface area contributed by atoms with E-state index in [9.17, 15) is 8.42 Å². The Balaban J connectivity index is 2.16. The van der Waals surface area contributed by atoms with Crippen LogP contribution in [0.3, 0.4) is 0 Å². The highest BCUT2D eigenvalue weighted by molar-refractivity contribution is 7.90. The summed E-state index contributed by atoms with van der Waals surface area (Å²) >= 11 is 0. The van der Waals surface area contributed by atoms with E-state index in [1.54, 1.807) is 13.2 Å². The number of pyridine rings is 2. The zero-order valence-corrected chi connectivity index (χ0v) is 13.0. The zero-order valence-electron chi connectivity index (χ0n) is 12.1. The summed E-state index contributed by atoms with van der Waals surface area (Å²) in [7, 11) is -1.71. The molecule has 0 aliphatic heterocycles. The van der Waals surface area contributed by atoms with E-state index >= 15 is 0 Å². The maximum Gasteiger partial charge on any atom is 0.223 e. The van der Waals surface area contributed by atoms with Crippen LogP contribution in [0, 0.1) is 0 Å². The van der Waals surface area contributed by atoms with Crippen LogP contribution in [0.15, 0.2) is 53.6 Å². The molecule has 3 rings (SSSR count). The Morgan fingerprint density at radius 1 is 1.09 bits per heavy atom. The summed E-state index contributed by atoms with van der Waals surface area (Å²) in [5.41, 5.74) is 2.17. The fourth-order valence-electron chi connectivity index (χ4n) is 2.20. The summed E-state index contributed by atoms with van der Waals surface area (Å²) in [6.07, 6.45) is 2.50. The number of sulfone groups is 1. The van der Waals surface area contributed by atoms with Crippen LogP contribution >= 0.6 is 0 Å². The van der Waals surface area contributed by atoms with Crippen LogP contribution in [0.1, 0.15) is 0 Å². The van der Waals surface area contributed by atoms with Gasteiger partial charge in [0.2, 0.25) is 5.88 Å². The zero-order chi connectivity index (χ0) is 15.7. The smallest absolute Gasteiger partial charge is 0.223 e. The normalized spacial score (nSPS) is 11.5. The van der Waals surface area contributed by atoms with Crippen LogP contribution in [0.5, 0.6) is 5.88 Å². The summed E-state index contributed by atoms with van der Waals surface area (Å²) in [4.78, 5) is 8.88. The van der Waals surface area contributed by atoms with Crippen molar-refractivity contribution in [2.24, 2.45) is 0 Å². The first kappa shape index (κ1) is 14.5. The van der Waals surface area contributed by atoms with Crippen LogP contribution in [0.2, 0.25) is 0 Å². The standard InChI is InChI=1S/C16H14N2O3S/c1-21-16-13(9-11-5-3-4-6-14(11)18-16)15-8-7-12(10-17-15)22(2,19)20/h3-10H,1-2H3. The molecule has 112 valence electrons. The Kier molecular flexibility index (Phi) is 3.54. The van der Waals surface area contributed by atoms with Gasteiger partial charge in [0.1, 0.15) is 0 Å². The number of para-hydroxylation sites is 1. The third kappa shape index (κ3) is 2.65. The van der Waals surface area contributed by atoms with E-state index in [0.29, 0.717) is 11.6 Å². The van der Waals surface area contributed by atoms with Crippen molar-refractivity contribution in [2.45, 2.75) is 4.90 Å². The summed E-state index contributed by atoms with van der Waals surface area (Å²) < 4.78 is 28.3. The van der Waals surface area contributed by atoms with Crippen molar-refractivity contribution in [3.8, 4) is 17.1 Å². The molecule has 5 nitrogen and oxygen atoms in total. The van der Waals surface area contributed by atoms with Gasteiger partial charge in [-0.3, -0.25) is 4.98 Å². The molecule has 1 aromatic carbocycles. The van der Waals surface area contributed by atoms with E-state index in [0.717, 1.165) is 22.7 Å². The van der Waals surface area contributed by atoms with Gasteiger partial charge in [-0.15, -0.1) is 0 Å². The van der Waals surface area contributed by atoms with E-state index in [2.05, 4.69) is 9.97 Å². The maximum absolute atomic E-state index is 11.5. The summed E-state index contributed by atoms with van der Waals surface area (Å²) in [5.74, 6) is 0.457. The average molecular weight is 314 g/mol. The highest BCUT2D eigenvalue weighted by Gasteiger charge is 2.13. The Morgan fingerprint density at radius 3 is 2.50 bits per heavy atom. The van der Waals surface area contributed by atoms with Gasteiger partial charge in [-0.1, -0.05) is 18.2 Å². The third-order valence-electron chi connectivity index (χ3n) is 3.32. The van der Waals surface area contributed by atoms with Crippen LogP contribution < -0.4 is 4.74 Å². The second-order valence-electron chi connectivity index (χ2n) is 4.89. The fraction of sp³-hybridized carbons (Fsp3) is 0.125. The number of rotatable bonds is 3. The number of benzene rings is 1. The van der Waals surface area contributed by atoms with Crippen molar-refractivity contribution in [1.29, 1.82) is 0 Å². The monoisotopic (exact) mass is 314 g/mol. The number of hydrogen-bond donors (Lipinski definition) is 0. The molecule has 22 heavy (non-hydrogen) atoms. The predicted molar refractivity (Wildman–Crippen MR) is 84.6 cm³/mol. The van der Waals surface area contributed by atoms with Gasteiger partial charge in [-0.25, -0.2) is 13.4 Å². The highest BCUT2D eigenvalue weighted by atomic mass is 32.2. The van der Waals surface area contributed by atoms with Gasteiger partial charge in [0.25, 0.3) is 0 Å². The van der Waals surface area contributed by atoms with Crippen LogP contribution in [-0.4, -0.2) is 31.8 Å². The third-order valence-corrected chi connectivity index (χ3v) is 4.42. The quantitative estimate of drug-likeness (QED) is 0.743. The lowest BCUT2D eigenvalue weighted by atomic mass is 10.1. The molecule has 0 aliphatic carbocycles. The lowest BCUT2D eigenvalue weighted by molar-refractivity contribution is 0.401. The van der Waals surface area contributed by atoms with Gasteiger partial charge >= 0.3 is 0 Å². The van der Waals surface area contributed by atoms with Gasteiger partial charge < -0.3 is 4.74 Å². The number of ether oxygens (including phenoxy) is 1. The Morgan fingerprint density at radius 2 is 1.86 bits per heavy atom. The van der Waals surface area contributed by atoms with E-state index < -0.39 is 9.84 Å². The molecule has 0 fully saturated rings. The van der Waals surface area contributed by atoms with Crippen LogP contribution in [0.4, 0.5) is 0 Å². The first-order valence-corrected chi connectivity index (χ1v) is 8.48. The second-order valence-corrected chi connectivity index (χ2v) is 6.90. The van der Waals surface area contributed by atoms with Crippen molar-refractivity contribution < 1.29 is 13.2 Å². The largest absolute Gasteiger partial charge is 0.480 e. The molecular formula is C16H14N2O3S. The highest BCUT2D eigenvalue weighted by Crippen LogP contribution is 2.30. The molecule has 0 atom stereocenters. The van der Waals surface area contributed by atoms with Crippen molar-refractivity contribution in [1.82, 2.24) is 9.97 Å². The summed E-state index contributed by atoms with van der Waals surface area (Å²) in [5, 5.41) is 0.965. The molecule has 0 bridgehead atoms. The Bertz CT molecular complexity index is 935. The molecule has 0 saturated carbocycles. The molecular weight excluding hydrogens is 300 g/mol. The fourth-order valence-corrected chi connectivity index (χ4v) is 2.76. The van der Waals surface area contributed by atoms with E-state index in [-0.39, 0.29) is 4.90 Å². The second kappa shape index (κ2) is 5.38. The van der Waals surface area contributed by atoms with Gasteiger partial charge in [0.15, 0.2) is 9.84 Å². The maximum atomic E-state index is 11.5. The van der Waals surface area contributed by atoms with Crippen LogP contribution in [-0.2, 0) is 9.84 Å². The van der Waals surface area contributed by atoms with Gasteiger partial charge in [-0.05, 0) is 24.3 Å². The SMILES string of the molecule is COc1nc2ccccc2cc1-c1ccc(S(C)(=O)=O)cn1. The number of methoxy groups -OCH3 is 1. The topological polar surface area (TPSA) is 69.2 Å². The van der Waals surface area contributed by atoms with Crippen molar-refractivity contribution in [2.75, 3.05) is 13.4 Å². The van der Waals surface area contributed by atoms with E-state index in [4.69, 9.17) is 4.74 Å². The molecule has 0 N–H and O–H groups in total. The molecule has 0 saturated heterocycles. The minimum Gasteiger partial charge on any atom is -0.480 e. The molecule has 3 aromatic rings. The molecule has 6 heteroatoms. The molecule has 0 aliphatic rings. The predicted octanol–water partition coefficient (Wildman–Crippen LogP) is 2.71. The van der Waals surface area contributed by atoms with E-state index in [1.165, 1.54) is 12.3 Å². The first-order valence-electron chi connectivity index (χ1n) is 6.59. The lowest BCUT2D eigenvalue weighted by Gasteiger charge is -2.09. The van der Waals surface area contributed by atoms with Crippen molar-refractivity contribution >= 4 is 20.7 Å². The minimum atomic E-state index is -3.26. The van der Waals surface area contributed by atoms with Gasteiger partial charge in [-0.2, -0.15) is 0 Å². The minimum absolute atomic E-state index is 0.184. The first-order chi connectivity index (χ1) is 10.5. The number of nitrogens with zero attached hydrogens (tertiary/aromatic N) is 2. The van der Waals surface area contributed by atoms with E-state index in [1.807, 2.05) is 30.3 Å². The molecule has 2 aromatic heterocycles. The summed E-state index contributed by atoms with van der Waals surface area (Å²) in [6, 6.07) is 12.8. The molecule has 0 spiro atoms.